The molecule has 1 N–H and O–H groups in total. The number of aromatic nitrogens is 1. The molecule has 0 radical (unpaired) electrons. The topological polar surface area (TPSA) is 85.6 Å². The maximum Gasteiger partial charge on any atom is 0.343 e. The highest BCUT2D eigenvalue weighted by Gasteiger charge is 2.46. The smallest absolute Gasteiger partial charge is 0.343 e. The van der Waals surface area contributed by atoms with Crippen LogP contribution in [0.25, 0.3) is 0 Å². The Morgan fingerprint density at radius 3 is 2.85 bits per heavy atom. The summed E-state index contributed by atoms with van der Waals surface area (Å²) in [6.07, 6.45) is 0.0558. The lowest BCUT2D eigenvalue weighted by molar-refractivity contribution is -0.172. The third-order valence-electron chi connectivity index (χ3n) is 3.92. The number of ether oxygens (including phenoxy) is 1. The van der Waals surface area contributed by atoms with Crippen LogP contribution < -0.4 is 5.56 Å². The lowest BCUT2D eigenvalue weighted by Crippen LogP contribution is -2.44. The first-order valence-corrected chi connectivity index (χ1v) is 6.69. The average Bonchev–Trinajstić information content (AvgIpc) is 2.72. The van der Waals surface area contributed by atoms with E-state index in [0.29, 0.717) is 0 Å². The summed E-state index contributed by atoms with van der Waals surface area (Å²) in [5.74, 6) is -1.17. The second kappa shape index (κ2) is 4.17. The van der Waals surface area contributed by atoms with Gasteiger partial charge < -0.3 is 14.4 Å². The van der Waals surface area contributed by atoms with E-state index < -0.39 is 22.5 Å². The number of esters is 1. The SMILES string of the molecule is CC[C@@]1(O)C(=O)OCc2c1cc1n(c2=O)C[C@@H](Cl)C1=O. The van der Waals surface area contributed by atoms with E-state index in [2.05, 4.69) is 0 Å². The number of fused-ring (bicyclic) bond motifs is 2. The first kappa shape index (κ1) is 13.3. The number of carbonyl (C=O) groups excluding carboxylic acids is 2. The van der Waals surface area contributed by atoms with Crippen molar-refractivity contribution in [2.24, 2.45) is 0 Å². The van der Waals surface area contributed by atoms with E-state index in [4.69, 9.17) is 16.3 Å². The van der Waals surface area contributed by atoms with Crippen molar-refractivity contribution in [3.8, 4) is 0 Å². The molecule has 0 saturated heterocycles. The second-order valence-corrected chi connectivity index (χ2v) is 5.49. The first-order valence-electron chi connectivity index (χ1n) is 6.25. The Morgan fingerprint density at radius 1 is 1.50 bits per heavy atom. The summed E-state index contributed by atoms with van der Waals surface area (Å²) >= 11 is 5.87. The summed E-state index contributed by atoms with van der Waals surface area (Å²) in [6.45, 7) is 1.50. The maximum atomic E-state index is 12.4. The van der Waals surface area contributed by atoms with Crippen molar-refractivity contribution >= 4 is 23.4 Å². The van der Waals surface area contributed by atoms with Crippen LogP contribution in [0.15, 0.2) is 10.9 Å². The fourth-order valence-electron chi connectivity index (χ4n) is 2.69. The van der Waals surface area contributed by atoms with Gasteiger partial charge >= 0.3 is 5.97 Å². The molecule has 7 heteroatoms. The standard InChI is InChI=1S/C13H12ClNO5/c1-2-13(19)7-3-9-10(16)8(14)4-15(9)11(17)6(7)5-20-12(13)18/h3,8,19H,2,4-5H2,1H3/t8-,13+/m1/s1. The van der Waals surface area contributed by atoms with Gasteiger partial charge in [0.05, 0.1) is 17.8 Å². The minimum Gasteiger partial charge on any atom is -0.458 e. The number of cyclic esters (lactones) is 1. The molecule has 1 aromatic heterocycles. The van der Waals surface area contributed by atoms with Crippen molar-refractivity contribution < 1.29 is 19.4 Å². The highest BCUT2D eigenvalue weighted by molar-refractivity contribution is 6.34. The molecule has 0 amide bonds. The van der Waals surface area contributed by atoms with E-state index >= 15 is 0 Å². The number of hydrogen-bond donors (Lipinski definition) is 1. The molecular weight excluding hydrogens is 286 g/mol. The largest absolute Gasteiger partial charge is 0.458 e. The average molecular weight is 298 g/mol. The van der Waals surface area contributed by atoms with E-state index in [1.54, 1.807) is 6.92 Å². The molecule has 0 unspecified atom stereocenters. The minimum absolute atomic E-state index is 0.0558. The molecule has 1 aromatic rings. The van der Waals surface area contributed by atoms with Gasteiger partial charge in [0.15, 0.2) is 11.4 Å². The number of rotatable bonds is 1. The summed E-state index contributed by atoms with van der Waals surface area (Å²) in [7, 11) is 0. The first-order chi connectivity index (χ1) is 9.40. The number of halogens is 1. The number of hydrogen-bond acceptors (Lipinski definition) is 5. The Balaban J connectivity index is 2.31. The van der Waals surface area contributed by atoms with Crippen LogP contribution in [0, 0.1) is 0 Å². The molecule has 2 atom stereocenters. The Hall–Kier alpha value is -1.66. The quantitative estimate of drug-likeness (QED) is 0.595. The summed E-state index contributed by atoms with van der Waals surface area (Å²) in [5, 5.41) is 9.65. The van der Waals surface area contributed by atoms with Gasteiger partial charge in [-0.15, -0.1) is 11.6 Å². The molecule has 20 heavy (non-hydrogen) atoms. The maximum absolute atomic E-state index is 12.4. The van der Waals surface area contributed by atoms with Crippen molar-refractivity contribution in [3.05, 3.63) is 33.2 Å². The Morgan fingerprint density at radius 2 is 2.20 bits per heavy atom. The molecule has 0 spiro atoms. The molecule has 0 aromatic carbocycles. The fourth-order valence-corrected chi connectivity index (χ4v) is 2.94. The molecule has 3 rings (SSSR count). The zero-order valence-corrected chi connectivity index (χ0v) is 11.4. The molecule has 6 nitrogen and oxygen atoms in total. The molecule has 0 saturated carbocycles. The number of alkyl halides is 1. The van der Waals surface area contributed by atoms with Gasteiger partial charge in [-0.3, -0.25) is 9.59 Å². The normalized spacial score (nSPS) is 28.1. The van der Waals surface area contributed by atoms with E-state index in [1.165, 1.54) is 10.6 Å². The minimum atomic E-state index is -1.88. The predicted molar refractivity (Wildman–Crippen MR) is 68.7 cm³/mol. The van der Waals surface area contributed by atoms with Gasteiger partial charge in [0, 0.05) is 5.56 Å². The molecule has 106 valence electrons. The number of aliphatic hydroxyl groups is 1. The van der Waals surface area contributed by atoms with Crippen LogP contribution in [0.5, 0.6) is 0 Å². The van der Waals surface area contributed by atoms with Crippen molar-refractivity contribution in [3.63, 3.8) is 0 Å². The van der Waals surface area contributed by atoms with Gasteiger partial charge in [-0.25, -0.2) is 4.79 Å². The summed E-state index contributed by atoms with van der Waals surface area (Å²) in [6, 6.07) is 1.39. The van der Waals surface area contributed by atoms with E-state index in [9.17, 15) is 19.5 Å². The van der Waals surface area contributed by atoms with Crippen molar-refractivity contribution in [1.29, 1.82) is 0 Å². The lowest BCUT2D eigenvalue weighted by atomic mass is 9.86. The summed E-state index contributed by atoms with van der Waals surface area (Å²) in [4.78, 5) is 36.1. The molecule has 2 aliphatic heterocycles. The zero-order valence-electron chi connectivity index (χ0n) is 10.7. The summed E-state index contributed by atoms with van der Waals surface area (Å²) < 4.78 is 6.16. The van der Waals surface area contributed by atoms with Crippen LogP contribution in [0.1, 0.15) is 35.0 Å². The van der Waals surface area contributed by atoms with Crippen molar-refractivity contribution in [2.75, 3.05) is 0 Å². The van der Waals surface area contributed by atoms with Crippen LogP contribution in [0.3, 0.4) is 0 Å². The van der Waals surface area contributed by atoms with E-state index in [-0.39, 0.29) is 42.2 Å². The van der Waals surface area contributed by atoms with Gasteiger partial charge in [-0.2, -0.15) is 0 Å². The number of ketones is 1. The number of Topliss-reactive ketones (excluding diaryl/α,β-unsaturated/α-hetero) is 1. The van der Waals surface area contributed by atoms with Crippen LogP contribution in [0.4, 0.5) is 0 Å². The zero-order chi connectivity index (χ0) is 14.7. The Labute approximate surface area is 118 Å². The van der Waals surface area contributed by atoms with Gasteiger partial charge in [-0.1, -0.05) is 6.92 Å². The number of pyridine rings is 1. The summed E-state index contributed by atoms with van der Waals surface area (Å²) in [5.41, 5.74) is -1.82. The van der Waals surface area contributed by atoms with Crippen molar-refractivity contribution in [1.82, 2.24) is 4.57 Å². The third kappa shape index (κ3) is 1.52. The van der Waals surface area contributed by atoms with Crippen LogP contribution in [-0.4, -0.2) is 26.8 Å². The second-order valence-electron chi connectivity index (χ2n) is 4.96. The van der Waals surface area contributed by atoms with Crippen molar-refractivity contribution in [2.45, 2.75) is 37.5 Å². The fraction of sp³-hybridized carbons (Fsp3) is 0.462. The molecular formula is C13H12ClNO5. The Kier molecular flexibility index (Phi) is 2.78. The molecule has 3 heterocycles. The van der Waals surface area contributed by atoms with Gasteiger partial charge in [-0.05, 0) is 12.5 Å². The highest BCUT2D eigenvalue weighted by atomic mass is 35.5. The molecule has 0 fully saturated rings. The van der Waals surface area contributed by atoms with Gasteiger partial charge in [0.2, 0.25) is 0 Å². The molecule has 0 bridgehead atoms. The monoisotopic (exact) mass is 297 g/mol. The van der Waals surface area contributed by atoms with E-state index in [0.717, 1.165) is 0 Å². The predicted octanol–water partition coefficient (Wildman–Crippen LogP) is 0.306. The van der Waals surface area contributed by atoms with E-state index in [1.807, 2.05) is 0 Å². The lowest BCUT2D eigenvalue weighted by Gasteiger charge is -2.31. The molecule has 2 aliphatic rings. The van der Waals surface area contributed by atoms with Gasteiger partial charge in [0.25, 0.3) is 5.56 Å². The highest BCUT2D eigenvalue weighted by Crippen LogP contribution is 2.34. The number of carbonyl (C=O) groups is 2. The van der Waals surface area contributed by atoms with Crippen LogP contribution >= 0.6 is 11.6 Å². The van der Waals surface area contributed by atoms with Gasteiger partial charge in [0.1, 0.15) is 12.0 Å². The molecule has 0 aliphatic carbocycles. The van der Waals surface area contributed by atoms with Crippen LogP contribution in [0.2, 0.25) is 0 Å². The van der Waals surface area contributed by atoms with Crippen LogP contribution in [-0.2, 0) is 28.3 Å². The Bertz CT molecular complexity index is 695. The third-order valence-corrected chi connectivity index (χ3v) is 4.26. The number of nitrogens with zero attached hydrogens (tertiary/aromatic N) is 1.